The van der Waals surface area contributed by atoms with Gasteiger partial charge in [0.15, 0.2) is 11.9 Å². The molecule has 0 fully saturated rings. The second kappa shape index (κ2) is 4.55. The molecule has 0 saturated carbocycles. The highest BCUT2D eigenvalue weighted by molar-refractivity contribution is 5.84. The van der Waals surface area contributed by atoms with Crippen LogP contribution in [0.2, 0.25) is 0 Å². The summed E-state index contributed by atoms with van der Waals surface area (Å²) in [5.41, 5.74) is -0.237. The van der Waals surface area contributed by atoms with E-state index < -0.39 is 17.3 Å². The van der Waals surface area contributed by atoms with Crippen LogP contribution in [0.4, 0.5) is 4.39 Å². The smallest absolute Gasteiger partial charge is 0.263 e. The number of benzene rings is 1. The van der Waals surface area contributed by atoms with E-state index in [9.17, 15) is 19.1 Å². The molecule has 0 aliphatic rings. The molecule has 3 rings (SSSR count). The molecule has 2 aromatic heterocycles. The number of halogens is 1. The predicted molar refractivity (Wildman–Crippen MR) is 73.0 cm³/mol. The van der Waals surface area contributed by atoms with Crippen LogP contribution in [0.5, 0.6) is 5.88 Å². The highest BCUT2D eigenvalue weighted by Gasteiger charge is 2.20. The first-order chi connectivity index (χ1) is 10.0. The lowest BCUT2D eigenvalue weighted by atomic mass is 10.0. The Morgan fingerprint density at radius 1 is 1.38 bits per heavy atom. The molecule has 0 radical (unpaired) electrons. The zero-order valence-electron chi connectivity index (χ0n) is 10.9. The average Bonchev–Trinajstić information content (AvgIpc) is 2.85. The number of nitrogens with zero attached hydrogens (tertiary/aromatic N) is 2. The van der Waals surface area contributed by atoms with Crippen molar-refractivity contribution in [1.82, 2.24) is 14.6 Å². The zero-order valence-corrected chi connectivity index (χ0v) is 10.9. The van der Waals surface area contributed by atoms with Crippen molar-refractivity contribution in [1.29, 1.82) is 0 Å². The highest BCUT2D eigenvalue weighted by atomic mass is 19.1. The van der Waals surface area contributed by atoms with Crippen LogP contribution in [0.25, 0.3) is 16.8 Å². The van der Waals surface area contributed by atoms with Crippen molar-refractivity contribution in [2.24, 2.45) is 0 Å². The van der Waals surface area contributed by atoms with Crippen molar-refractivity contribution < 1.29 is 14.3 Å². The summed E-state index contributed by atoms with van der Waals surface area (Å²) in [5, 5.41) is 14.1. The molecular formula is C14H10FN3O3. The summed E-state index contributed by atoms with van der Waals surface area (Å²) in [6.45, 7) is 1.63. The molecule has 6 nitrogen and oxygen atoms in total. The average molecular weight is 287 g/mol. The van der Waals surface area contributed by atoms with Gasteiger partial charge < -0.3 is 10.1 Å². The van der Waals surface area contributed by atoms with E-state index in [1.54, 1.807) is 13.0 Å². The Morgan fingerprint density at radius 2 is 2.14 bits per heavy atom. The van der Waals surface area contributed by atoms with Crippen LogP contribution in [0.3, 0.4) is 0 Å². The van der Waals surface area contributed by atoms with E-state index in [1.165, 1.54) is 18.3 Å². The third-order valence-corrected chi connectivity index (χ3v) is 3.28. The van der Waals surface area contributed by atoms with E-state index >= 15 is 0 Å². The second-order valence-electron chi connectivity index (χ2n) is 4.56. The minimum Gasteiger partial charge on any atom is -0.493 e. The number of aldehydes is 1. The fourth-order valence-corrected chi connectivity index (χ4v) is 2.28. The third kappa shape index (κ3) is 1.82. The maximum atomic E-state index is 14.0. The van der Waals surface area contributed by atoms with Crippen LogP contribution in [0, 0.1) is 12.7 Å². The molecule has 0 amide bonds. The molecule has 2 N–H and O–H groups in total. The molecule has 21 heavy (non-hydrogen) atoms. The van der Waals surface area contributed by atoms with Crippen LogP contribution < -0.4 is 5.56 Å². The number of aromatic hydroxyl groups is 1. The first-order valence-corrected chi connectivity index (χ1v) is 6.08. The quantitative estimate of drug-likeness (QED) is 0.702. The number of hydrogen-bond acceptors (Lipinski definition) is 4. The predicted octanol–water partition coefficient (Wildman–Crippen LogP) is 1.66. The lowest BCUT2D eigenvalue weighted by Gasteiger charge is -2.09. The van der Waals surface area contributed by atoms with E-state index in [0.717, 1.165) is 4.52 Å². The van der Waals surface area contributed by atoms with Gasteiger partial charge in [-0.15, -0.1) is 0 Å². The zero-order chi connectivity index (χ0) is 15.1. The molecule has 7 heteroatoms. The summed E-state index contributed by atoms with van der Waals surface area (Å²) in [7, 11) is 0. The summed E-state index contributed by atoms with van der Waals surface area (Å²) in [6, 6.07) is 4.34. The number of H-pyrrole nitrogens is 1. The standard InChI is InChI=1S/C14H10FN3O3/c1-7-3-2-4-9(15)10(7)11-13(20)17-12-8(6-19)5-16-18(12)14(11)21/h2-6,21H,1H3,(H,17,20). The van der Waals surface area contributed by atoms with Crippen molar-refractivity contribution in [3.05, 3.63) is 51.7 Å². The summed E-state index contributed by atoms with van der Waals surface area (Å²) < 4.78 is 15.0. The van der Waals surface area contributed by atoms with Crippen molar-refractivity contribution in [3.63, 3.8) is 0 Å². The van der Waals surface area contributed by atoms with Crippen LogP contribution in [0.15, 0.2) is 29.2 Å². The van der Waals surface area contributed by atoms with E-state index in [1.807, 2.05) is 0 Å². The molecule has 106 valence electrons. The van der Waals surface area contributed by atoms with Gasteiger partial charge in [0.05, 0.1) is 11.8 Å². The molecule has 0 saturated heterocycles. The molecule has 0 aliphatic heterocycles. The van der Waals surface area contributed by atoms with Gasteiger partial charge in [0.2, 0.25) is 5.88 Å². The molecule has 2 heterocycles. The van der Waals surface area contributed by atoms with Gasteiger partial charge in [0.25, 0.3) is 5.56 Å². The van der Waals surface area contributed by atoms with Gasteiger partial charge in [-0.2, -0.15) is 9.61 Å². The lowest BCUT2D eigenvalue weighted by Crippen LogP contribution is -2.14. The number of hydrogen-bond donors (Lipinski definition) is 2. The maximum absolute atomic E-state index is 14.0. The van der Waals surface area contributed by atoms with Gasteiger partial charge in [-0.3, -0.25) is 9.59 Å². The van der Waals surface area contributed by atoms with Crippen LogP contribution >= 0.6 is 0 Å². The van der Waals surface area contributed by atoms with E-state index in [-0.39, 0.29) is 22.3 Å². The van der Waals surface area contributed by atoms with Crippen LogP contribution in [-0.2, 0) is 0 Å². The fraction of sp³-hybridized carbons (Fsp3) is 0.0714. The van der Waals surface area contributed by atoms with E-state index in [4.69, 9.17) is 0 Å². The molecule has 0 atom stereocenters. The number of aromatic amines is 1. The lowest BCUT2D eigenvalue weighted by molar-refractivity contribution is 0.112. The molecule has 3 aromatic rings. The normalized spacial score (nSPS) is 11.0. The number of aryl methyl sites for hydroxylation is 1. The maximum Gasteiger partial charge on any atom is 0.263 e. The van der Waals surface area contributed by atoms with Gasteiger partial charge >= 0.3 is 0 Å². The minimum atomic E-state index is -0.697. The van der Waals surface area contributed by atoms with Crippen LogP contribution in [0.1, 0.15) is 15.9 Å². The summed E-state index contributed by atoms with van der Waals surface area (Å²) in [4.78, 5) is 25.5. The van der Waals surface area contributed by atoms with Gasteiger partial charge in [0, 0.05) is 5.56 Å². The molecule has 0 spiro atoms. The minimum absolute atomic E-state index is 0.00121. The molecule has 0 unspecified atom stereocenters. The molecule has 1 aromatic carbocycles. The Kier molecular flexibility index (Phi) is 2.83. The van der Waals surface area contributed by atoms with Gasteiger partial charge in [-0.05, 0) is 18.6 Å². The fourth-order valence-electron chi connectivity index (χ4n) is 2.28. The first kappa shape index (κ1) is 13.0. The largest absolute Gasteiger partial charge is 0.493 e. The van der Waals surface area contributed by atoms with Gasteiger partial charge in [-0.25, -0.2) is 4.39 Å². The highest BCUT2D eigenvalue weighted by Crippen LogP contribution is 2.30. The van der Waals surface area contributed by atoms with E-state index in [0.29, 0.717) is 11.8 Å². The Bertz CT molecular complexity index is 907. The summed E-state index contributed by atoms with van der Waals surface area (Å²) in [5.74, 6) is -1.15. The molecule has 0 bridgehead atoms. The van der Waals surface area contributed by atoms with Crippen molar-refractivity contribution in [2.45, 2.75) is 6.92 Å². The van der Waals surface area contributed by atoms with E-state index in [2.05, 4.69) is 10.1 Å². The number of aromatic nitrogens is 3. The molecule has 0 aliphatic carbocycles. The van der Waals surface area contributed by atoms with Crippen molar-refractivity contribution in [2.75, 3.05) is 0 Å². The summed E-state index contributed by atoms with van der Waals surface area (Å²) >= 11 is 0. The second-order valence-corrected chi connectivity index (χ2v) is 4.56. The van der Waals surface area contributed by atoms with Gasteiger partial charge in [0.1, 0.15) is 11.4 Å². The SMILES string of the molecule is Cc1cccc(F)c1-c1c(O)n2ncc(C=O)c2[nH]c1=O. The van der Waals surface area contributed by atoms with Crippen LogP contribution in [-0.4, -0.2) is 26.0 Å². The topological polar surface area (TPSA) is 87.5 Å². The number of carbonyl (C=O) groups excluding carboxylic acids is 1. The number of carbonyl (C=O) groups is 1. The first-order valence-electron chi connectivity index (χ1n) is 6.08. The Hall–Kier alpha value is -2.96. The Labute approximate surface area is 117 Å². The number of rotatable bonds is 2. The van der Waals surface area contributed by atoms with Crippen molar-refractivity contribution >= 4 is 11.9 Å². The van der Waals surface area contributed by atoms with Gasteiger partial charge in [-0.1, -0.05) is 12.1 Å². The monoisotopic (exact) mass is 287 g/mol. The molecular weight excluding hydrogens is 277 g/mol. The Morgan fingerprint density at radius 3 is 2.81 bits per heavy atom. The van der Waals surface area contributed by atoms with Crippen molar-refractivity contribution in [3.8, 4) is 17.0 Å². The summed E-state index contributed by atoms with van der Waals surface area (Å²) in [6.07, 6.45) is 1.71. The number of fused-ring (bicyclic) bond motifs is 1. The Balaban J connectivity index is 2.45. The number of nitrogens with one attached hydrogen (secondary N) is 1. The third-order valence-electron chi connectivity index (χ3n) is 3.28.